The zero-order chi connectivity index (χ0) is 4.41. The van der Waals surface area contributed by atoms with Crippen molar-refractivity contribution in [2.75, 3.05) is 0 Å². The molecule has 1 nitrogen and oxygen atoms in total. The predicted molar refractivity (Wildman–Crippen MR) is 19.8 cm³/mol. The molecule has 1 heterocycles. The molecule has 0 amide bonds. The van der Waals surface area contributed by atoms with Gasteiger partial charge >= 0.3 is 44.3 Å². The summed E-state index contributed by atoms with van der Waals surface area (Å²) >= 11 is 3.20. The van der Waals surface area contributed by atoms with Gasteiger partial charge in [0.1, 0.15) is 0 Å². The summed E-state index contributed by atoms with van der Waals surface area (Å²) in [5, 5.41) is 0. The Kier molecular flexibility index (Phi) is 0.992. The number of hydrogen-bond donors (Lipinski definition) is 0. The molecule has 6 heavy (non-hydrogen) atoms. The van der Waals surface area contributed by atoms with E-state index in [9.17, 15) is 0 Å². The van der Waals surface area contributed by atoms with Crippen LogP contribution in [0.5, 0.6) is 0 Å². The summed E-state index contributed by atoms with van der Waals surface area (Å²) in [7, 11) is 0. The van der Waals surface area contributed by atoms with Gasteiger partial charge in [0.15, 0.2) is 0 Å². The van der Waals surface area contributed by atoms with E-state index in [1.807, 2.05) is 28.1 Å². The van der Waals surface area contributed by atoms with Crippen LogP contribution in [-0.2, 0) is 16.2 Å². The van der Waals surface area contributed by atoms with Crippen LogP contribution >= 0.6 is 0 Å². The van der Waals surface area contributed by atoms with Crippen molar-refractivity contribution in [1.82, 2.24) is 3.58 Å². The zero-order valence-corrected chi connectivity index (χ0v) is 4.32. The molecular formula is C4H4MnN. The van der Waals surface area contributed by atoms with E-state index in [4.69, 9.17) is 0 Å². The molecule has 0 aliphatic rings. The van der Waals surface area contributed by atoms with E-state index >= 15 is 0 Å². The second kappa shape index (κ2) is 1.50. The van der Waals surface area contributed by atoms with Crippen LogP contribution in [0.1, 0.15) is 0 Å². The molecule has 1 aromatic rings. The van der Waals surface area contributed by atoms with Gasteiger partial charge in [-0.3, -0.25) is 0 Å². The Balaban J connectivity index is 3.05. The van der Waals surface area contributed by atoms with Crippen molar-refractivity contribution in [1.29, 1.82) is 0 Å². The van der Waals surface area contributed by atoms with Gasteiger partial charge in [-0.1, -0.05) is 0 Å². The van der Waals surface area contributed by atoms with Crippen molar-refractivity contribution in [2.24, 2.45) is 0 Å². The third kappa shape index (κ3) is 0.644. The fraction of sp³-hybridized carbons (Fsp3) is 0. The number of nitrogens with zero attached hydrogens (tertiary/aromatic N) is 1. The van der Waals surface area contributed by atoms with Gasteiger partial charge in [0.25, 0.3) is 0 Å². The minimum absolute atomic E-state index is 1.81. The van der Waals surface area contributed by atoms with Crippen LogP contribution in [0, 0.1) is 0 Å². The van der Waals surface area contributed by atoms with E-state index in [0.29, 0.717) is 0 Å². The van der Waals surface area contributed by atoms with Crippen LogP contribution in [0.2, 0.25) is 0 Å². The van der Waals surface area contributed by atoms with Crippen LogP contribution in [0.15, 0.2) is 24.5 Å². The number of aromatic nitrogens is 1. The Morgan fingerprint density at radius 1 is 1.17 bits per heavy atom. The molecule has 1 aromatic heterocycles. The second-order valence-corrected chi connectivity index (χ2v) is 1.64. The average molecular weight is 121 g/mol. The third-order valence-electron chi connectivity index (χ3n) is 0.568. The molecule has 32 valence electrons. The maximum absolute atomic E-state index is 3.20. The summed E-state index contributed by atoms with van der Waals surface area (Å²) in [4.78, 5) is 0. The van der Waals surface area contributed by atoms with Gasteiger partial charge in [-0.15, -0.1) is 0 Å². The normalized spacial score (nSPS) is 8.83. The minimum atomic E-state index is 1.81. The molecule has 0 N–H and O–H groups in total. The molecule has 0 unspecified atom stereocenters. The Labute approximate surface area is 45.0 Å². The third-order valence-corrected chi connectivity index (χ3v) is 0.920. The first-order chi connectivity index (χ1) is 2.89. The van der Waals surface area contributed by atoms with E-state index in [-0.39, 0.29) is 0 Å². The van der Waals surface area contributed by atoms with Gasteiger partial charge in [0.05, 0.1) is 0 Å². The fourth-order valence-electron chi connectivity index (χ4n) is 0.314. The molecule has 0 aliphatic heterocycles. The molecule has 2 heteroatoms. The summed E-state index contributed by atoms with van der Waals surface area (Å²) in [6, 6.07) is 3.91. The van der Waals surface area contributed by atoms with Gasteiger partial charge in [0.2, 0.25) is 0 Å². The molecular weight excluding hydrogens is 117 g/mol. The molecule has 1 rings (SSSR count). The molecule has 0 saturated heterocycles. The summed E-state index contributed by atoms with van der Waals surface area (Å²) in [6.45, 7) is 0. The summed E-state index contributed by atoms with van der Waals surface area (Å²) < 4.78 is 1.81. The SMILES string of the molecule is [Mn][n]1cccc1. The van der Waals surface area contributed by atoms with E-state index in [0.717, 1.165) is 0 Å². The number of rotatable bonds is 0. The molecule has 0 fully saturated rings. The summed E-state index contributed by atoms with van der Waals surface area (Å²) in [5.74, 6) is 0. The first kappa shape index (κ1) is 3.97. The van der Waals surface area contributed by atoms with Crippen molar-refractivity contribution in [3.05, 3.63) is 24.5 Å². The Morgan fingerprint density at radius 3 is 1.83 bits per heavy atom. The zero-order valence-electron chi connectivity index (χ0n) is 3.13. The molecule has 0 aromatic carbocycles. The van der Waals surface area contributed by atoms with E-state index in [1.165, 1.54) is 0 Å². The molecule has 0 bridgehead atoms. The van der Waals surface area contributed by atoms with Crippen LogP contribution < -0.4 is 0 Å². The molecule has 0 aliphatic carbocycles. The maximum atomic E-state index is 3.20. The first-order valence-corrected chi connectivity index (χ1v) is 2.21. The topological polar surface area (TPSA) is 4.93 Å². The first-order valence-electron chi connectivity index (χ1n) is 1.69. The van der Waals surface area contributed by atoms with Gasteiger partial charge in [-0.2, -0.15) is 0 Å². The van der Waals surface area contributed by atoms with Gasteiger partial charge in [-0.25, -0.2) is 0 Å². The quantitative estimate of drug-likeness (QED) is 0.447. The van der Waals surface area contributed by atoms with Crippen molar-refractivity contribution < 1.29 is 16.2 Å². The molecule has 0 spiro atoms. The average Bonchev–Trinajstić information content (AvgIpc) is 1.86. The monoisotopic (exact) mass is 121 g/mol. The van der Waals surface area contributed by atoms with Crippen molar-refractivity contribution in [3.8, 4) is 0 Å². The van der Waals surface area contributed by atoms with Crippen LogP contribution in [0.25, 0.3) is 0 Å². The van der Waals surface area contributed by atoms with Crippen LogP contribution in [0.3, 0.4) is 0 Å². The predicted octanol–water partition coefficient (Wildman–Crippen LogP) is 0.798. The van der Waals surface area contributed by atoms with Crippen LogP contribution in [-0.4, -0.2) is 3.58 Å². The molecule has 0 radical (unpaired) electrons. The van der Waals surface area contributed by atoms with E-state index in [1.54, 1.807) is 0 Å². The Morgan fingerprint density at radius 2 is 1.67 bits per heavy atom. The standard InChI is InChI=1S/C4H4N.Mn/c1-2-4-5-3-1;/h1-4H;/q-1;+1. The summed E-state index contributed by atoms with van der Waals surface area (Å²) in [6.07, 6.45) is 3.83. The Hall–Kier alpha value is -0.201. The summed E-state index contributed by atoms with van der Waals surface area (Å²) in [5.41, 5.74) is 0. The molecule has 0 atom stereocenters. The second-order valence-electron chi connectivity index (χ2n) is 1.03. The van der Waals surface area contributed by atoms with Crippen molar-refractivity contribution in [2.45, 2.75) is 0 Å². The van der Waals surface area contributed by atoms with Crippen molar-refractivity contribution >= 4 is 0 Å². The fourth-order valence-corrected chi connectivity index (χ4v) is 0.517. The van der Waals surface area contributed by atoms with Gasteiger partial charge in [0, 0.05) is 0 Å². The van der Waals surface area contributed by atoms with Crippen LogP contribution in [0.4, 0.5) is 0 Å². The Bertz CT molecular complexity index is 111. The van der Waals surface area contributed by atoms with E-state index < -0.39 is 0 Å². The van der Waals surface area contributed by atoms with Gasteiger partial charge in [-0.05, 0) is 0 Å². The number of hydrogen-bond acceptors (Lipinski definition) is 0. The molecule has 0 saturated carbocycles. The van der Waals surface area contributed by atoms with Gasteiger partial charge < -0.3 is 0 Å². The van der Waals surface area contributed by atoms with Crippen molar-refractivity contribution in [3.63, 3.8) is 0 Å². The van der Waals surface area contributed by atoms with E-state index in [2.05, 4.69) is 16.2 Å².